The van der Waals surface area contributed by atoms with E-state index < -0.39 is 12.0 Å². The molecule has 0 amide bonds. The Bertz CT molecular complexity index is 1430. The number of esters is 1. The van der Waals surface area contributed by atoms with Gasteiger partial charge in [0.15, 0.2) is 4.80 Å². The largest absolute Gasteiger partial charge is 0.497 e. The molecule has 0 spiro atoms. The van der Waals surface area contributed by atoms with E-state index in [9.17, 15) is 9.59 Å². The molecule has 176 valence electrons. The quantitative estimate of drug-likeness (QED) is 0.509. The summed E-state index contributed by atoms with van der Waals surface area (Å²) in [6, 6.07) is 14.1. The number of benzene rings is 2. The number of carbonyl (C=O) groups excluding carboxylic acids is 1. The van der Waals surface area contributed by atoms with Crippen molar-refractivity contribution in [3.63, 3.8) is 0 Å². The van der Waals surface area contributed by atoms with Gasteiger partial charge in [0.1, 0.15) is 11.5 Å². The Morgan fingerprint density at radius 1 is 1.09 bits per heavy atom. The molecular formula is C26H26N2O5S. The molecule has 34 heavy (non-hydrogen) atoms. The molecule has 1 aliphatic heterocycles. The highest BCUT2D eigenvalue weighted by Gasteiger charge is 2.33. The third-order valence-electron chi connectivity index (χ3n) is 5.44. The predicted octanol–water partition coefficient (Wildman–Crippen LogP) is 3.20. The Kier molecular flexibility index (Phi) is 6.70. The molecule has 8 heteroatoms. The second-order valence-corrected chi connectivity index (χ2v) is 9.06. The molecule has 0 N–H and O–H groups in total. The van der Waals surface area contributed by atoms with E-state index in [0.717, 1.165) is 11.1 Å². The van der Waals surface area contributed by atoms with Crippen LogP contribution in [0.1, 0.15) is 37.9 Å². The molecule has 1 aliphatic rings. The Morgan fingerprint density at radius 2 is 1.79 bits per heavy atom. The minimum atomic E-state index is -0.673. The number of methoxy groups -OCH3 is 2. The van der Waals surface area contributed by atoms with Gasteiger partial charge in [0, 0.05) is 5.56 Å². The van der Waals surface area contributed by atoms with Crippen molar-refractivity contribution in [3.8, 4) is 11.5 Å². The third kappa shape index (κ3) is 4.41. The van der Waals surface area contributed by atoms with Crippen molar-refractivity contribution < 1.29 is 19.0 Å². The van der Waals surface area contributed by atoms with Crippen molar-refractivity contribution >= 4 is 23.4 Å². The van der Waals surface area contributed by atoms with E-state index in [2.05, 4.69) is 4.99 Å². The maximum absolute atomic E-state index is 13.7. The van der Waals surface area contributed by atoms with Gasteiger partial charge in [0.25, 0.3) is 5.56 Å². The Balaban J connectivity index is 1.95. The third-order valence-corrected chi connectivity index (χ3v) is 6.42. The summed E-state index contributed by atoms with van der Waals surface area (Å²) in [7, 11) is 3.18. The van der Waals surface area contributed by atoms with Gasteiger partial charge < -0.3 is 14.2 Å². The topological polar surface area (TPSA) is 79.1 Å². The molecule has 0 fully saturated rings. The first-order chi connectivity index (χ1) is 16.3. The summed E-state index contributed by atoms with van der Waals surface area (Å²) in [6.07, 6.45) is 1.48. The Hall–Kier alpha value is -3.65. The first-order valence-electron chi connectivity index (χ1n) is 10.8. The van der Waals surface area contributed by atoms with Gasteiger partial charge in [0.05, 0.1) is 42.2 Å². The summed E-state index contributed by atoms with van der Waals surface area (Å²) in [6.45, 7) is 5.35. The van der Waals surface area contributed by atoms with Crippen LogP contribution in [-0.4, -0.2) is 30.9 Å². The molecule has 4 rings (SSSR count). The van der Waals surface area contributed by atoms with E-state index in [4.69, 9.17) is 14.2 Å². The second-order valence-electron chi connectivity index (χ2n) is 8.05. The number of allylic oxidation sites excluding steroid dienone is 1. The summed E-state index contributed by atoms with van der Waals surface area (Å²) < 4.78 is 18.3. The van der Waals surface area contributed by atoms with Crippen LogP contribution in [0, 0.1) is 0 Å². The van der Waals surface area contributed by atoms with Gasteiger partial charge in [0.2, 0.25) is 0 Å². The molecule has 0 aliphatic carbocycles. The van der Waals surface area contributed by atoms with E-state index >= 15 is 0 Å². The Morgan fingerprint density at radius 3 is 2.44 bits per heavy atom. The number of hydrogen-bond donors (Lipinski definition) is 0. The highest BCUT2D eigenvalue weighted by molar-refractivity contribution is 7.07. The maximum Gasteiger partial charge on any atom is 0.338 e. The van der Waals surface area contributed by atoms with Crippen LogP contribution in [0.5, 0.6) is 11.5 Å². The van der Waals surface area contributed by atoms with Crippen LogP contribution in [0.25, 0.3) is 6.08 Å². The summed E-state index contributed by atoms with van der Waals surface area (Å²) in [5.41, 5.74) is 2.17. The smallest absolute Gasteiger partial charge is 0.338 e. The van der Waals surface area contributed by atoms with Crippen LogP contribution >= 0.6 is 11.3 Å². The molecule has 7 nitrogen and oxygen atoms in total. The zero-order chi connectivity index (χ0) is 24.4. The van der Waals surface area contributed by atoms with Crippen LogP contribution in [0.4, 0.5) is 0 Å². The average Bonchev–Trinajstić information content (AvgIpc) is 3.12. The summed E-state index contributed by atoms with van der Waals surface area (Å²) in [5.74, 6) is 0.854. The van der Waals surface area contributed by atoms with Crippen molar-refractivity contribution in [1.29, 1.82) is 0 Å². The van der Waals surface area contributed by atoms with Gasteiger partial charge in [-0.15, -0.1) is 0 Å². The van der Waals surface area contributed by atoms with Gasteiger partial charge in [-0.2, -0.15) is 0 Å². The lowest BCUT2D eigenvalue weighted by Gasteiger charge is -2.25. The molecule has 1 unspecified atom stereocenters. The minimum Gasteiger partial charge on any atom is -0.497 e. The van der Waals surface area contributed by atoms with Crippen LogP contribution in [0.15, 0.2) is 69.6 Å². The summed E-state index contributed by atoms with van der Waals surface area (Å²) in [4.78, 5) is 31.9. The van der Waals surface area contributed by atoms with Crippen molar-refractivity contribution in [2.24, 2.45) is 4.99 Å². The first kappa shape index (κ1) is 23.5. The van der Waals surface area contributed by atoms with Gasteiger partial charge in [-0.25, -0.2) is 9.79 Å². The normalized spacial score (nSPS) is 15.7. The van der Waals surface area contributed by atoms with Gasteiger partial charge in [-0.3, -0.25) is 9.36 Å². The molecular weight excluding hydrogens is 452 g/mol. The van der Waals surface area contributed by atoms with Crippen molar-refractivity contribution in [3.05, 3.63) is 90.6 Å². The molecule has 1 aromatic heterocycles. The summed E-state index contributed by atoms with van der Waals surface area (Å²) >= 11 is 1.28. The van der Waals surface area contributed by atoms with Crippen molar-refractivity contribution in [2.45, 2.75) is 32.9 Å². The van der Waals surface area contributed by atoms with E-state index in [1.807, 2.05) is 36.4 Å². The molecule has 2 aromatic carbocycles. The zero-order valence-electron chi connectivity index (χ0n) is 19.7. The van der Waals surface area contributed by atoms with Crippen LogP contribution in [0.3, 0.4) is 0 Å². The fourth-order valence-corrected chi connectivity index (χ4v) is 4.93. The highest BCUT2D eigenvalue weighted by atomic mass is 32.1. The monoisotopic (exact) mass is 478 g/mol. The SMILES string of the molecule is COc1ccc(C2C(C(=O)OC(C)C)=C(C)N=c3s/c(=C/c4ccccc4OC)c(=O)n32)cc1. The van der Waals surface area contributed by atoms with E-state index in [-0.39, 0.29) is 11.7 Å². The van der Waals surface area contributed by atoms with E-state index in [1.54, 1.807) is 57.8 Å². The maximum atomic E-state index is 13.7. The second kappa shape index (κ2) is 9.69. The van der Waals surface area contributed by atoms with E-state index in [0.29, 0.717) is 32.1 Å². The average molecular weight is 479 g/mol. The van der Waals surface area contributed by atoms with Crippen LogP contribution < -0.4 is 24.4 Å². The fourth-order valence-electron chi connectivity index (χ4n) is 3.89. The molecule has 0 bridgehead atoms. The lowest BCUT2D eigenvalue weighted by molar-refractivity contribution is -0.143. The number of rotatable bonds is 6. The summed E-state index contributed by atoms with van der Waals surface area (Å²) in [5, 5.41) is 0. The van der Waals surface area contributed by atoms with Gasteiger partial charge in [-0.1, -0.05) is 41.7 Å². The van der Waals surface area contributed by atoms with Crippen LogP contribution in [0.2, 0.25) is 0 Å². The number of thiazole rings is 1. The lowest BCUT2D eigenvalue weighted by Crippen LogP contribution is -2.40. The Labute approximate surface area is 201 Å². The number of hydrogen-bond acceptors (Lipinski definition) is 7. The zero-order valence-corrected chi connectivity index (χ0v) is 20.5. The molecule has 0 saturated heterocycles. The standard InChI is InChI=1S/C26H26N2O5S/c1-15(2)33-25(30)22-16(3)27-26-28(23(22)17-10-12-19(31-4)13-11-17)24(29)21(34-26)14-18-8-6-7-9-20(18)32-5/h6-15,23H,1-5H3/b21-14+. The van der Waals surface area contributed by atoms with Gasteiger partial charge >= 0.3 is 5.97 Å². The molecule has 3 aromatic rings. The first-order valence-corrected chi connectivity index (χ1v) is 11.7. The molecule has 0 saturated carbocycles. The minimum absolute atomic E-state index is 0.238. The van der Waals surface area contributed by atoms with Crippen LogP contribution in [-0.2, 0) is 9.53 Å². The number of nitrogens with zero attached hydrogens (tertiary/aromatic N) is 2. The molecule has 1 atom stereocenters. The number of aromatic nitrogens is 1. The fraction of sp³-hybridized carbons (Fsp3) is 0.269. The number of fused-ring (bicyclic) bond motifs is 1. The molecule has 2 heterocycles. The number of ether oxygens (including phenoxy) is 3. The van der Waals surface area contributed by atoms with Crippen molar-refractivity contribution in [1.82, 2.24) is 4.57 Å². The highest BCUT2D eigenvalue weighted by Crippen LogP contribution is 2.32. The van der Waals surface area contributed by atoms with E-state index in [1.165, 1.54) is 11.3 Å². The van der Waals surface area contributed by atoms with Gasteiger partial charge in [-0.05, 0) is 50.6 Å². The number of para-hydroxylation sites is 1. The number of carbonyl (C=O) groups is 1. The lowest BCUT2D eigenvalue weighted by atomic mass is 9.96. The van der Waals surface area contributed by atoms with Crippen molar-refractivity contribution in [2.75, 3.05) is 14.2 Å². The predicted molar refractivity (Wildman–Crippen MR) is 131 cm³/mol. The molecule has 0 radical (unpaired) electrons.